The summed E-state index contributed by atoms with van der Waals surface area (Å²) in [4.78, 5) is 0. The van der Waals surface area contributed by atoms with Gasteiger partial charge in [-0.2, -0.15) is 9.83 Å². The summed E-state index contributed by atoms with van der Waals surface area (Å²) < 4.78 is 50.7. The van der Waals surface area contributed by atoms with Crippen molar-refractivity contribution in [1.82, 2.24) is 0 Å². The predicted octanol–water partition coefficient (Wildman–Crippen LogP) is 7.97. The normalized spacial score (nSPS) is 13.5. The molecular formula is C32H31N2O+. The molecule has 0 amide bonds. The Bertz CT molecular complexity index is 1920. The molecule has 2 aromatic heterocycles. The van der Waals surface area contributed by atoms with Crippen LogP contribution in [-0.4, -0.2) is 0 Å². The summed E-state index contributed by atoms with van der Waals surface area (Å²) in [5.74, 6) is 0.371. The lowest BCUT2D eigenvalue weighted by atomic mass is 9.92. The largest absolute Gasteiger partial charge is 0.454 e. The minimum Gasteiger partial charge on any atom is -0.454 e. The van der Waals surface area contributed by atoms with E-state index >= 15 is 0 Å². The number of hydrogen-bond acceptors (Lipinski definition) is 2. The van der Waals surface area contributed by atoms with Crippen LogP contribution in [0.2, 0.25) is 0 Å². The van der Waals surface area contributed by atoms with Crippen molar-refractivity contribution in [2.45, 2.75) is 47.5 Å². The molecule has 0 radical (unpaired) electrons. The van der Waals surface area contributed by atoms with Crippen LogP contribution in [0.5, 0.6) is 0 Å². The van der Waals surface area contributed by atoms with Crippen LogP contribution in [0, 0.1) is 39.0 Å². The number of aromatic nitrogens is 1. The summed E-state index contributed by atoms with van der Waals surface area (Å²) in [5, 5.41) is 11.5. The molecule has 5 aromatic rings. The average Bonchev–Trinajstić information content (AvgIpc) is 3.27. The fraction of sp³-hybridized carbons (Fsp3) is 0.250. The van der Waals surface area contributed by atoms with Crippen LogP contribution in [0.1, 0.15) is 60.1 Å². The van der Waals surface area contributed by atoms with Gasteiger partial charge in [-0.25, -0.2) is 0 Å². The fourth-order valence-electron chi connectivity index (χ4n) is 5.41. The molecule has 0 aliphatic carbocycles. The van der Waals surface area contributed by atoms with E-state index in [4.69, 9.17) is 11.3 Å². The third kappa shape index (κ3) is 3.44. The monoisotopic (exact) mass is 464 g/mol. The molecule has 174 valence electrons. The molecule has 5 rings (SSSR count). The molecule has 2 heterocycles. The lowest BCUT2D eigenvalue weighted by molar-refractivity contribution is -0.667. The van der Waals surface area contributed by atoms with Gasteiger partial charge < -0.3 is 4.42 Å². The molecule has 3 aromatic carbocycles. The van der Waals surface area contributed by atoms with Crippen LogP contribution in [-0.2, 0) is 7.05 Å². The van der Waals surface area contributed by atoms with E-state index in [-0.39, 0.29) is 17.6 Å². The summed E-state index contributed by atoms with van der Waals surface area (Å²) in [6.45, 7) is 12.4. The van der Waals surface area contributed by atoms with Gasteiger partial charge in [0, 0.05) is 34.9 Å². The van der Waals surface area contributed by atoms with Crippen molar-refractivity contribution in [3.63, 3.8) is 0 Å². The standard InChI is InChI=1S/C32H31N2O/c1-18(2)28-20(4)15-27(34(7)22(28)6)29-19(3)13-14-25-26-16-24(17-33)21(5)30(32(26)35-31(25)29)23-11-9-8-10-12-23/h8-16,18H,1-7H3/q+1/i8D,9D,10D,11D,12D. The van der Waals surface area contributed by atoms with Gasteiger partial charge in [-0.05, 0) is 55.0 Å². The summed E-state index contributed by atoms with van der Waals surface area (Å²) in [6.07, 6.45) is 0. The van der Waals surface area contributed by atoms with Gasteiger partial charge in [-0.3, -0.25) is 0 Å². The van der Waals surface area contributed by atoms with Crippen molar-refractivity contribution in [2.24, 2.45) is 7.05 Å². The molecular weight excluding hydrogens is 428 g/mol. The van der Waals surface area contributed by atoms with Gasteiger partial charge in [0.2, 0.25) is 5.69 Å². The Morgan fingerprint density at radius 1 is 0.914 bits per heavy atom. The van der Waals surface area contributed by atoms with Gasteiger partial charge in [-0.15, -0.1) is 0 Å². The Hall–Kier alpha value is -3.90. The van der Waals surface area contributed by atoms with Gasteiger partial charge in [-0.1, -0.05) is 56.2 Å². The molecule has 0 N–H and O–H groups in total. The first-order chi connectivity index (χ1) is 18.8. The maximum atomic E-state index is 10.0. The van der Waals surface area contributed by atoms with E-state index in [9.17, 15) is 5.26 Å². The van der Waals surface area contributed by atoms with Gasteiger partial charge in [0.15, 0.2) is 5.69 Å². The molecule has 35 heavy (non-hydrogen) atoms. The van der Waals surface area contributed by atoms with Gasteiger partial charge >= 0.3 is 0 Å². The maximum Gasteiger partial charge on any atom is 0.216 e. The Balaban J connectivity index is 1.98. The number of rotatable bonds is 3. The number of fused-ring (bicyclic) bond motifs is 3. The quantitative estimate of drug-likeness (QED) is 0.254. The Kier molecular flexibility index (Phi) is 4.20. The molecule has 3 nitrogen and oxygen atoms in total. The van der Waals surface area contributed by atoms with E-state index in [1.165, 1.54) is 16.8 Å². The van der Waals surface area contributed by atoms with Gasteiger partial charge in [0.1, 0.15) is 18.2 Å². The second kappa shape index (κ2) is 8.40. The molecule has 0 saturated heterocycles. The van der Waals surface area contributed by atoms with E-state index in [1.807, 2.05) is 26.1 Å². The maximum absolute atomic E-state index is 10.0. The topological polar surface area (TPSA) is 40.8 Å². The zero-order valence-electron chi connectivity index (χ0n) is 26.2. The first-order valence-corrected chi connectivity index (χ1v) is 11.8. The van der Waals surface area contributed by atoms with E-state index in [1.54, 1.807) is 13.0 Å². The van der Waals surface area contributed by atoms with E-state index < -0.39 is 18.1 Å². The summed E-state index contributed by atoms with van der Waals surface area (Å²) >= 11 is 0. The molecule has 0 spiro atoms. The highest BCUT2D eigenvalue weighted by Gasteiger charge is 2.26. The Morgan fingerprint density at radius 3 is 2.26 bits per heavy atom. The van der Waals surface area contributed by atoms with Crippen LogP contribution in [0.25, 0.3) is 44.3 Å². The third-order valence-corrected chi connectivity index (χ3v) is 7.14. The smallest absolute Gasteiger partial charge is 0.216 e. The molecule has 0 fully saturated rings. The second-order valence-electron chi connectivity index (χ2n) is 9.57. The molecule has 0 aliphatic rings. The number of pyridine rings is 1. The number of aryl methyl sites for hydroxylation is 2. The predicted molar refractivity (Wildman–Crippen MR) is 144 cm³/mol. The molecule has 0 bridgehead atoms. The van der Waals surface area contributed by atoms with Crippen molar-refractivity contribution in [3.8, 4) is 28.5 Å². The lowest BCUT2D eigenvalue weighted by Gasteiger charge is -2.15. The molecule has 0 aliphatic heterocycles. The highest BCUT2D eigenvalue weighted by Crippen LogP contribution is 2.43. The minimum absolute atomic E-state index is 0.0291. The van der Waals surface area contributed by atoms with Crippen molar-refractivity contribution < 1.29 is 15.8 Å². The zero-order valence-corrected chi connectivity index (χ0v) is 21.2. The van der Waals surface area contributed by atoms with Crippen molar-refractivity contribution in [2.75, 3.05) is 0 Å². The number of benzene rings is 3. The van der Waals surface area contributed by atoms with Crippen LogP contribution in [0.3, 0.4) is 0 Å². The van der Waals surface area contributed by atoms with E-state index in [2.05, 4.69) is 44.4 Å². The summed E-state index contributed by atoms with van der Waals surface area (Å²) in [5.41, 5.74) is 8.84. The van der Waals surface area contributed by atoms with Crippen LogP contribution < -0.4 is 4.57 Å². The number of furan rings is 1. The molecule has 0 unspecified atom stereocenters. The van der Waals surface area contributed by atoms with E-state index in [0.29, 0.717) is 39.2 Å². The fourth-order valence-corrected chi connectivity index (χ4v) is 5.41. The molecule has 0 atom stereocenters. The Morgan fingerprint density at radius 2 is 1.60 bits per heavy atom. The number of hydrogen-bond donors (Lipinski definition) is 0. The summed E-state index contributed by atoms with van der Waals surface area (Å²) in [6, 6.07) is 8.20. The number of nitriles is 1. The SMILES string of the molecule is [2H]c1c([2H])c([2H])c(-c2c(C)c(C#N)cc3c2oc2c(-c4cc(C)c(C(C)C)c(C)[n+]4C)c(C)ccc23)c([2H])c1[2H]. The van der Waals surface area contributed by atoms with Gasteiger partial charge in [0.05, 0.1) is 24.0 Å². The molecule has 0 saturated carbocycles. The van der Waals surface area contributed by atoms with Crippen LogP contribution >= 0.6 is 0 Å². The summed E-state index contributed by atoms with van der Waals surface area (Å²) in [7, 11) is 2.05. The van der Waals surface area contributed by atoms with Crippen LogP contribution in [0.15, 0.2) is 58.9 Å². The number of nitrogens with zero attached hydrogens (tertiary/aromatic N) is 2. The van der Waals surface area contributed by atoms with Crippen molar-refractivity contribution in [3.05, 3.63) is 88.0 Å². The van der Waals surface area contributed by atoms with Crippen molar-refractivity contribution >= 4 is 21.9 Å². The van der Waals surface area contributed by atoms with Crippen LogP contribution in [0.4, 0.5) is 0 Å². The minimum atomic E-state index is -0.463. The highest BCUT2D eigenvalue weighted by atomic mass is 16.3. The Labute approximate surface area is 214 Å². The van der Waals surface area contributed by atoms with Crippen molar-refractivity contribution in [1.29, 1.82) is 5.26 Å². The first kappa shape index (κ1) is 17.5. The first-order valence-electron chi connectivity index (χ1n) is 14.3. The zero-order chi connectivity index (χ0) is 29.4. The average molecular weight is 465 g/mol. The highest BCUT2D eigenvalue weighted by molar-refractivity contribution is 6.14. The third-order valence-electron chi connectivity index (χ3n) is 7.14. The van der Waals surface area contributed by atoms with Gasteiger partial charge in [0.25, 0.3) is 0 Å². The molecule has 3 heteroatoms. The lowest BCUT2D eigenvalue weighted by Crippen LogP contribution is -2.37. The van der Waals surface area contributed by atoms with E-state index in [0.717, 1.165) is 22.2 Å². The second-order valence-corrected chi connectivity index (χ2v) is 9.57.